The molecule has 2 aromatic heterocycles. The van der Waals surface area contributed by atoms with Gasteiger partial charge in [0.15, 0.2) is 5.65 Å². The number of nitrogens with zero attached hydrogens (tertiary/aromatic N) is 4. The molecule has 0 radical (unpaired) electrons. The number of aliphatic hydroxyl groups excluding tert-OH is 1. The Bertz CT molecular complexity index is 1150. The second kappa shape index (κ2) is 8.58. The van der Waals surface area contributed by atoms with Crippen LogP contribution in [0.25, 0.3) is 11.0 Å². The highest BCUT2D eigenvalue weighted by Gasteiger charge is 2.25. The Hall–Kier alpha value is -3.46. The largest absolute Gasteiger partial charge is 0.396 e. The summed E-state index contributed by atoms with van der Waals surface area (Å²) in [5, 5.41) is 20.2. The highest BCUT2D eigenvalue weighted by molar-refractivity contribution is 5.97. The number of amides is 3. The summed E-state index contributed by atoms with van der Waals surface area (Å²) in [5.41, 5.74) is 4.13. The Morgan fingerprint density at radius 1 is 1.16 bits per heavy atom. The Kier molecular flexibility index (Phi) is 5.48. The molecule has 1 fully saturated rings. The summed E-state index contributed by atoms with van der Waals surface area (Å²) in [6, 6.07) is 6.88. The van der Waals surface area contributed by atoms with Crippen molar-refractivity contribution in [2.24, 2.45) is 5.92 Å². The van der Waals surface area contributed by atoms with Crippen LogP contribution in [0.5, 0.6) is 0 Å². The number of carbonyl (C=O) groups excluding carboxylic acids is 2. The minimum atomic E-state index is -0.198. The molecule has 9 heteroatoms. The molecule has 1 saturated heterocycles. The van der Waals surface area contributed by atoms with Crippen molar-refractivity contribution in [3.8, 4) is 0 Å². The minimum Gasteiger partial charge on any atom is -0.396 e. The van der Waals surface area contributed by atoms with Gasteiger partial charge in [0.2, 0.25) is 0 Å². The summed E-state index contributed by atoms with van der Waals surface area (Å²) in [6.45, 7) is 2.54. The van der Waals surface area contributed by atoms with Gasteiger partial charge in [-0.15, -0.1) is 0 Å². The standard InChI is InChI=1S/C23H26N6O3/c30-14-15-4-7-28(8-5-15)22(31)16-2-1-3-18(10-16)26-23(32)29-9-6-19-17(13-29)11-24-21-20(19)12-25-27-21/h1-3,10-12,15,30H,4-9,13-14H2,(H,26,32)(H,24,25,27). The fourth-order valence-electron chi connectivity index (χ4n) is 4.56. The summed E-state index contributed by atoms with van der Waals surface area (Å²) in [4.78, 5) is 33.7. The molecular formula is C23H26N6O3. The highest BCUT2D eigenvalue weighted by Crippen LogP contribution is 2.25. The number of urea groups is 1. The zero-order valence-corrected chi connectivity index (χ0v) is 17.8. The molecule has 3 N–H and O–H groups in total. The van der Waals surface area contributed by atoms with E-state index in [1.807, 2.05) is 4.90 Å². The number of likely N-dealkylation sites (tertiary alicyclic amines) is 1. The van der Waals surface area contributed by atoms with Crippen molar-refractivity contribution in [3.05, 3.63) is 53.3 Å². The van der Waals surface area contributed by atoms with Crippen LogP contribution < -0.4 is 5.32 Å². The van der Waals surface area contributed by atoms with E-state index in [2.05, 4.69) is 20.5 Å². The zero-order chi connectivity index (χ0) is 22.1. The predicted molar refractivity (Wildman–Crippen MR) is 119 cm³/mol. The van der Waals surface area contributed by atoms with E-state index < -0.39 is 0 Å². The van der Waals surface area contributed by atoms with E-state index in [4.69, 9.17) is 0 Å². The molecule has 3 aromatic rings. The molecule has 2 aliphatic rings. The Balaban J connectivity index is 1.25. The van der Waals surface area contributed by atoms with Crippen molar-refractivity contribution in [2.75, 3.05) is 31.6 Å². The van der Waals surface area contributed by atoms with Crippen molar-refractivity contribution in [3.63, 3.8) is 0 Å². The van der Waals surface area contributed by atoms with Crippen molar-refractivity contribution in [1.82, 2.24) is 25.0 Å². The number of carbonyl (C=O) groups is 2. The summed E-state index contributed by atoms with van der Waals surface area (Å²) < 4.78 is 0. The molecule has 166 valence electrons. The lowest BCUT2D eigenvalue weighted by molar-refractivity contribution is 0.0651. The first kappa shape index (κ1) is 20.4. The number of aromatic amines is 1. The van der Waals surface area contributed by atoms with E-state index in [-0.39, 0.29) is 24.5 Å². The highest BCUT2D eigenvalue weighted by atomic mass is 16.3. The normalized spacial score (nSPS) is 16.8. The third-order valence-corrected chi connectivity index (χ3v) is 6.48. The SMILES string of the molecule is O=C(Nc1cccc(C(=O)N2CCC(CO)CC2)c1)N1CCc2c(cnc3[nH]ncc23)C1. The molecule has 0 saturated carbocycles. The molecule has 0 unspecified atom stereocenters. The number of hydrogen-bond donors (Lipinski definition) is 3. The quantitative estimate of drug-likeness (QED) is 0.586. The average Bonchev–Trinajstić information content (AvgIpc) is 3.33. The van der Waals surface area contributed by atoms with Crippen LogP contribution in [-0.2, 0) is 13.0 Å². The molecule has 0 atom stereocenters. The van der Waals surface area contributed by atoms with E-state index in [9.17, 15) is 14.7 Å². The molecule has 1 aromatic carbocycles. The first-order valence-corrected chi connectivity index (χ1v) is 11.0. The van der Waals surface area contributed by atoms with Crippen molar-refractivity contribution >= 4 is 28.7 Å². The van der Waals surface area contributed by atoms with E-state index in [1.165, 1.54) is 5.56 Å². The van der Waals surface area contributed by atoms with Crippen LogP contribution >= 0.6 is 0 Å². The maximum atomic E-state index is 12.9. The Labute approximate surface area is 185 Å². The monoisotopic (exact) mass is 434 g/mol. The number of hydrogen-bond acceptors (Lipinski definition) is 5. The number of nitrogens with one attached hydrogen (secondary N) is 2. The van der Waals surface area contributed by atoms with Crippen LogP contribution in [0.4, 0.5) is 10.5 Å². The maximum absolute atomic E-state index is 12.9. The number of anilines is 1. The lowest BCUT2D eigenvalue weighted by atomic mass is 9.97. The van der Waals surface area contributed by atoms with Gasteiger partial charge >= 0.3 is 6.03 Å². The number of benzene rings is 1. The summed E-state index contributed by atoms with van der Waals surface area (Å²) >= 11 is 0. The predicted octanol–water partition coefficient (Wildman–Crippen LogP) is 2.39. The van der Waals surface area contributed by atoms with Gasteiger partial charge in [0.05, 0.1) is 6.20 Å². The first-order chi connectivity index (χ1) is 15.6. The molecule has 3 amide bonds. The van der Waals surface area contributed by atoms with Crippen molar-refractivity contribution in [1.29, 1.82) is 0 Å². The van der Waals surface area contributed by atoms with Crippen LogP contribution in [-0.4, -0.2) is 68.3 Å². The second-order valence-corrected chi connectivity index (χ2v) is 8.49. The molecular weight excluding hydrogens is 408 g/mol. The number of H-pyrrole nitrogens is 1. The first-order valence-electron chi connectivity index (χ1n) is 11.0. The van der Waals surface area contributed by atoms with Gasteiger partial charge < -0.3 is 20.2 Å². The average molecular weight is 435 g/mol. The van der Waals surface area contributed by atoms with Gasteiger partial charge in [-0.05, 0) is 54.5 Å². The van der Waals surface area contributed by atoms with E-state index >= 15 is 0 Å². The topological polar surface area (TPSA) is 114 Å². The van der Waals surface area contributed by atoms with Gasteiger partial charge in [-0.25, -0.2) is 9.78 Å². The van der Waals surface area contributed by atoms with Crippen molar-refractivity contribution in [2.45, 2.75) is 25.8 Å². The number of rotatable bonds is 3. The van der Waals surface area contributed by atoms with Gasteiger partial charge in [0, 0.05) is 55.6 Å². The summed E-state index contributed by atoms with van der Waals surface area (Å²) in [7, 11) is 0. The van der Waals surface area contributed by atoms with E-state index in [0.717, 1.165) is 35.9 Å². The van der Waals surface area contributed by atoms with Gasteiger partial charge in [-0.3, -0.25) is 9.89 Å². The van der Waals surface area contributed by atoms with Crippen LogP contribution in [0, 0.1) is 5.92 Å². The van der Waals surface area contributed by atoms with Crippen molar-refractivity contribution < 1.29 is 14.7 Å². The van der Waals surface area contributed by atoms with Gasteiger partial charge in [-0.2, -0.15) is 5.10 Å². The molecule has 0 spiro atoms. The molecule has 0 bridgehead atoms. The van der Waals surface area contributed by atoms with Gasteiger partial charge in [-0.1, -0.05) is 6.07 Å². The van der Waals surface area contributed by atoms with Gasteiger partial charge in [0.1, 0.15) is 0 Å². The third kappa shape index (κ3) is 3.91. The number of pyridine rings is 1. The number of fused-ring (bicyclic) bond motifs is 3. The maximum Gasteiger partial charge on any atom is 0.322 e. The van der Waals surface area contributed by atoms with E-state index in [0.29, 0.717) is 37.4 Å². The summed E-state index contributed by atoms with van der Waals surface area (Å²) in [5.74, 6) is 0.235. The molecule has 9 nitrogen and oxygen atoms in total. The van der Waals surface area contributed by atoms with Crippen LogP contribution in [0.2, 0.25) is 0 Å². The number of aliphatic hydroxyl groups is 1. The number of aromatic nitrogens is 3. The smallest absolute Gasteiger partial charge is 0.322 e. The fraction of sp³-hybridized carbons (Fsp3) is 0.391. The third-order valence-electron chi connectivity index (χ3n) is 6.48. The van der Waals surface area contributed by atoms with Crippen LogP contribution in [0.15, 0.2) is 36.7 Å². The Morgan fingerprint density at radius 3 is 2.81 bits per heavy atom. The van der Waals surface area contributed by atoms with Gasteiger partial charge in [0.25, 0.3) is 5.91 Å². The molecule has 2 aliphatic heterocycles. The number of piperidine rings is 1. The van der Waals surface area contributed by atoms with E-state index in [1.54, 1.807) is 41.6 Å². The minimum absolute atomic E-state index is 0.0420. The van der Waals surface area contributed by atoms with Crippen LogP contribution in [0.1, 0.15) is 34.3 Å². The molecule has 32 heavy (non-hydrogen) atoms. The Morgan fingerprint density at radius 2 is 2.00 bits per heavy atom. The lowest BCUT2D eigenvalue weighted by Gasteiger charge is -2.31. The lowest BCUT2D eigenvalue weighted by Crippen LogP contribution is -2.39. The molecule has 0 aliphatic carbocycles. The summed E-state index contributed by atoms with van der Waals surface area (Å²) in [6.07, 6.45) is 5.95. The molecule has 5 rings (SSSR count). The zero-order valence-electron chi connectivity index (χ0n) is 17.8. The molecule has 4 heterocycles. The second-order valence-electron chi connectivity index (χ2n) is 8.49. The fourth-order valence-corrected chi connectivity index (χ4v) is 4.56. The van der Waals surface area contributed by atoms with Crippen LogP contribution in [0.3, 0.4) is 0 Å².